The van der Waals surface area contributed by atoms with Crippen LogP contribution in [0.5, 0.6) is 5.75 Å². The Morgan fingerprint density at radius 1 is 1.21 bits per heavy atom. The van der Waals surface area contributed by atoms with Crippen LogP contribution in [-0.4, -0.2) is 41.4 Å². The number of carbonyl (C=O) groups excluding carboxylic acids is 2. The average Bonchev–Trinajstić information content (AvgIpc) is 2.60. The van der Waals surface area contributed by atoms with Crippen molar-refractivity contribution in [3.63, 3.8) is 0 Å². The Labute approximate surface area is 175 Å². The normalized spacial score (nSPS) is 20.9. The van der Waals surface area contributed by atoms with Gasteiger partial charge in [-0.25, -0.2) is 0 Å². The molecule has 1 unspecified atom stereocenters. The Morgan fingerprint density at radius 2 is 1.86 bits per heavy atom. The second-order valence-electron chi connectivity index (χ2n) is 10.3. The summed E-state index contributed by atoms with van der Waals surface area (Å²) in [5.74, 6) is 1.37. The van der Waals surface area contributed by atoms with Gasteiger partial charge < -0.3 is 15.0 Å². The van der Waals surface area contributed by atoms with E-state index >= 15 is 0 Å². The van der Waals surface area contributed by atoms with Gasteiger partial charge in [-0.3, -0.25) is 9.59 Å². The van der Waals surface area contributed by atoms with Gasteiger partial charge >= 0.3 is 0 Å². The molecule has 1 atom stereocenters. The summed E-state index contributed by atoms with van der Waals surface area (Å²) < 4.78 is 6.51. The second kappa shape index (κ2) is 8.37. The van der Waals surface area contributed by atoms with Gasteiger partial charge in [-0.2, -0.15) is 0 Å². The van der Waals surface area contributed by atoms with Crippen molar-refractivity contribution in [1.82, 2.24) is 10.2 Å². The molecule has 5 nitrogen and oxygen atoms in total. The standard InChI is InChI=1S/C24H36N2O3/c1-17(2)25-21(27)14-18-15-24(29-20-9-7-6-8-19(18)20)10-12-26(13-11-24)22(28)16-23(3,4)5/h6-9,17-18H,10-16H2,1-5H3,(H,25,27). The fourth-order valence-corrected chi connectivity index (χ4v) is 4.57. The van der Waals surface area contributed by atoms with Gasteiger partial charge in [0.1, 0.15) is 11.4 Å². The molecule has 3 rings (SSSR count). The molecule has 1 fully saturated rings. The summed E-state index contributed by atoms with van der Waals surface area (Å²) in [6.45, 7) is 11.7. The predicted octanol–water partition coefficient (Wildman–Crippen LogP) is 4.26. The average molecular weight is 401 g/mol. The van der Waals surface area contributed by atoms with E-state index in [0.717, 1.165) is 43.7 Å². The summed E-state index contributed by atoms with van der Waals surface area (Å²) in [4.78, 5) is 27.1. The van der Waals surface area contributed by atoms with E-state index < -0.39 is 0 Å². The summed E-state index contributed by atoms with van der Waals surface area (Å²) >= 11 is 0. The summed E-state index contributed by atoms with van der Waals surface area (Å²) in [7, 11) is 0. The van der Waals surface area contributed by atoms with Crippen molar-refractivity contribution in [3.8, 4) is 5.75 Å². The van der Waals surface area contributed by atoms with Crippen molar-refractivity contribution in [1.29, 1.82) is 0 Å². The van der Waals surface area contributed by atoms with Gasteiger partial charge in [-0.1, -0.05) is 39.0 Å². The van der Waals surface area contributed by atoms with E-state index in [9.17, 15) is 9.59 Å². The molecule has 2 aliphatic heterocycles. The van der Waals surface area contributed by atoms with Crippen LogP contribution in [-0.2, 0) is 9.59 Å². The first-order chi connectivity index (χ1) is 13.6. The van der Waals surface area contributed by atoms with Crippen LogP contribution in [0.2, 0.25) is 0 Å². The van der Waals surface area contributed by atoms with Gasteiger partial charge in [-0.05, 0) is 37.3 Å². The molecule has 5 heteroatoms. The summed E-state index contributed by atoms with van der Waals surface area (Å²) in [5.41, 5.74) is 0.847. The monoisotopic (exact) mass is 400 g/mol. The number of hydrogen-bond acceptors (Lipinski definition) is 3. The largest absolute Gasteiger partial charge is 0.487 e. The number of piperidine rings is 1. The number of nitrogens with one attached hydrogen (secondary N) is 1. The van der Waals surface area contributed by atoms with E-state index in [1.807, 2.05) is 36.9 Å². The number of rotatable bonds is 4. The second-order valence-corrected chi connectivity index (χ2v) is 10.3. The maximum Gasteiger partial charge on any atom is 0.223 e. The highest BCUT2D eigenvalue weighted by atomic mass is 16.5. The molecule has 0 aliphatic carbocycles. The molecule has 1 aromatic rings. The van der Waals surface area contributed by atoms with Crippen LogP contribution in [0, 0.1) is 5.41 Å². The summed E-state index contributed by atoms with van der Waals surface area (Å²) in [5, 5.41) is 3.02. The predicted molar refractivity (Wildman–Crippen MR) is 115 cm³/mol. The number of likely N-dealkylation sites (tertiary alicyclic amines) is 1. The lowest BCUT2D eigenvalue weighted by Crippen LogP contribution is -2.52. The van der Waals surface area contributed by atoms with E-state index in [-0.39, 0.29) is 34.8 Å². The van der Waals surface area contributed by atoms with Crippen molar-refractivity contribution in [2.45, 2.75) is 84.3 Å². The van der Waals surface area contributed by atoms with Crippen LogP contribution in [0.4, 0.5) is 0 Å². The first kappa shape index (κ1) is 21.7. The molecule has 160 valence electrons. The molecule has 0 saturated carbocycles. The third-order valence-corrected chi connectivity index (χ3v) is 5.89. The smallest absolute Gasteiger partial charge is 0.223 e. The zero-order chi connectivity index (χ0) is 21.2. The lowest BCUT2D eigenvalue weighted by atomic mass is 9.76. The number of benzene rings is 1. The van der Waals surface area contributed by atoms with Crippen LogP contribution < -0.4 is 10.1 Å². The lowest BCUT2D eigenvalue weighted by molar-refractivity contribution is -0.137. The highest BCUT2D eigenvalue weighted by molar-refractivity contribution is 5.78. The third kappa shape index (κ3) is 5.52. The third-order valence-electron chi connectivity index (χ3n) is 5.89. The molecule has 0 aromatic heterocycles. The number of nitrogens with zero attached hydrogens (tertiary/aromatic N) is 1. The van der Waals surface area contributed by atoms with E-state index in [0.29, 0.717) is 12.8 Å². The molecule has 1 aromatic carbocycles. The van der Waals surface area contributed by atoms with Gasteiger partial charge in [0.25, 0.3) is 0 Å². The van der Waals surface area contributed by atoms with Crippen molar-refractivity contribution >= 4 is 11.8 Å². The van der Waals surface area contributed by atoms with Crippen LogP contribution in [0.3, 0.4) is 0 Å². The molecule has 29 heavy (non-hydrogen) atoms. The van der Waals surface area contributed by atoms with Crippen molar-refractivity contribution in [2.75, 3.05) is 13.1 Å². The van der Waals surface area contributed by atoms with E-state index in [1.165, 1.54) is 0 Å². The SMILES string of the molecule is CC(C)NC(=O)CC1CC2(CCN(C(=O)CC(C)(C)C)CC2)Oc2ccccc21. The number of para-hydroxylation sites is 1. The van der Waals surface area contributed by atoms with E-state index in [1.54, 1.807) is 0 Å². The van der Waals surface area contributed by atoms with Crippen LogP contribution in [0.1, 0.15) is 78.2 Å². The van der Waals surface area contributed by atoms with Crippen LogP contribution in [0.25, 0.3) is 0 Å². The molecular weight excluding hydrogens is 364 g/mol. The minimum absolute atomic E-state index is 0.00136. The number of carbonyl (C=O) groups is 2. The highest BCUT2D eigenvalue weighted by Gasteiger charge is 2.44. The van der Waals surface area contributed by atoms with Crippen LogP contribution in [0.15, 0.2) is 24.3 Å². The fourth-order valence-electron chi connectivity index (χ4n) is 4.57. The maximum atomic E-state index is 12.6. The summed E-state index contributed by atoms with van der Waals surface area (Å²) in [6, 6.07) is 8.24. The fraction of sp³-hybridized carbons (Fsp3) is 0.667. The molecule has 0 radical (unpaired) electrons. The molecule has 1 spiro atoms. The Morgan fingerprint density at radius 3 is 2.48 bits per heavy atom. The van der Waals surface area contributed by atoms with Gasteiger partial charge in [0.15, 0.2) is 0 Å². The Hall–Kier alpha value is -2.04. The molecule has 0 bridgehead atoms. The molecule has 1 N–H and O–H groups in total. The minimum atomic E-state index is -0.282. The zero-order valence-corrected chi connectivity index (χ0v) is 18.6. The van der Waals surface area contributed by atoms with Crippen molar-refractivity contribution in [2.24, 2.45) is 5.41 Å². The number of amides is 2. The zero-order valence-electron chi connectivity index (χ0n) is 18.6. The highest BCUT2D eigenvalue weighted by Crippen LogP contribution is 2.46. The van der Waals surface area contributed by atoms with Gasteiger partial charge in [0.2, 0.25) is 11.8 Å². The lowest BCUT2D eigenvalue weighted by Gasteiger charge is -2.47. The Bertz CT molecular complexity index is 743. The van der Waals surface area contributed by atoms with Crippen molar-refractivity contribution < 1.29 is 14.3 Å². The first-order valence-corrected chi connectivity index (χ1v) is 10.9. The van der Waals surface area contributed by atoms with E-state index in [2.05, 4.69) is 32.2 Å². The molecule has 1 saturated heterocycles. The van der Waals surface area contributed by atoms with Crippen LogP contribution >= 0.6 is 0 Å². The Balaban J connectivity index is 1.71. The number of ether oxygens (including phenoxy) is 1. The summed E-state index contributed by atoms with van der Waals surface area (Å²) in [6.07, 6.45) is 3.52. The maximum absolute atomic E-state index is 12.6. The van der Waals surface area contributed by atoms with Gasteiger partial charge in [0, 0.05) is 50.7 Å². The minimum Gasteiger partial charge on any atom is -0.487 e. The Kier molecular flexibility index (Phi) is 6.25. The first-order valence-electron chi connectivity index (χ1n) is 10.9. The van der Waals surface area contributed by atoms with E-state index in [4.69, 9.17) is 4.74 Å². The quantitative estimate of drug-likeness (QED) is 0.821. The molecule has 2 amide bonds. The molecule has 2 aliphatic rings. The van der Waals surface area contributed by atoms with Crippen molar-refractivity contribution in [3.05, 3.63) is 29.8 Å². The topological polar surface area (TPSA) is 58.6 Å². The van der Waals surface area contributed by atoms with Gasteiger partial charge in [-0.15, -0.1) is 0 Å². The molecule has 2 heterocycles. The number of hydrogen-bond donors (Lipinski definition) is 1. The molecular formula is C24H36N2O3. The number of fused-ring (bicyclic) bond motifs is 1. The van der Waals surface area contributed by atoms with Gasteiger partial charge in [0.05, 0.1) is 0 Å².